The van der Waals surface area contributed by atoms with Crippen LogP contribution in [0.25, 0.3) is 0 Å². The maximum atomic E-state index is 12.8. The third-order valence-corrected chi connectivity index (χ3v) is 2.19. The number of methoxy groups -OCH3 is 1. The fraction of sp³-hybridized carbons (Fsp3) is 0.455. The van der Waals surface area contributed by atoms with E-state index in [0.29, 0.717) is 0 Å². The zero-order chi connectivity index (χ0) is 17.1. The molecule has 0 N–H and O–H groups in total. The number of halogens is 6. The van der Waals surface area contributed by atoms with E-state index in [1.54, 1.807) is 0 Å². The van der Waals surface area contributed by atoms with Gasteiger partial charge in [-0.25, -0.2) is 9.78 Å². The molecule has 1 aromatic rings. The monoisotopic (exact) mass is 333 g/mol. The topological polar surface area (TPSA) is 57.7 Å². The van der Waals surface area contributed by atoms with Gasteiger partial charge >= 0.3 is 18.5 Å². The Labute approximate surface area is 119 Å². The molecular weight excluding hydrogens is 324 g/mol. The average molecular weight is 333 g/mol. The highest BCUT2D eigenvalue weighted by Crippen LogP contribution is 2.42. The molecule has 0 saturated heterocycles. The van der Waals surface area contributed by atoms with Crippen molar-refractivity contribution >= 4 is 5.97 Å². The van der Waals surface area contributed by atoms with Crippen molar-refractivity contribution in [1.29, 1.82) is 0 Å². The first-order valence-electron chi connectivity index (χ1n) is 5.58. The lowest BCUT2D eigenvalue weighted by atomic mass is 10.1. The van der Waals surface area contributed by atoms with Crippen LogP contribution in [0.4, 0.5) is 26.3 Å². The lowest BCUT2D eigenvalue weighted by Gasteiger charge is -2.19. The standard InChI is InChI=1S/C11H9F6NO4/c1-3-21-9(19)6-7(22-11(15,16)17)5(10(12,13)14)4-18-8(6)20-2/h4H,3H2,1-2H3. The van der Waals surface area contributed by atoms with E-state index in [0.717, 1.165) is 7.11 Å². The van der Waals surface area contributed by atoms with E-state index in [9.17, 15) is 31.1 Å². The van der Waals surface area contributed by atoms with Crippen molar-refractivity contribution in [1.82, 2.24) is 4.98 Å². The molecule has 0 atom stereocenters. The second kappa shape index (κ2) is 6.28. The fourth-order valence-electron chi connectivity index (χ4n) is 1.44. The van der Waals surface area contributed by atoms with Gasteiger partial charge in [-0.15, -0.1) is 13.2 Å². The summed E-state index contributed by atoms with van der Waals surface area (Å²) in [6, 6.07) is 0. The van der Waals surface area contributed by atoms with Gasteiger partial charge in [0.25, 0.3) is 0 Å². The lowest BCUT2D eigenvalue weighted by Crippen LogP contribution is -2.23. The molecule has 124 valence electrons. The highest BCUT2D eigenvalue weighted by atomic mass is 19.4. The Bertz CT molecular complexity index is 555. The highest BCUT2D eigenvalue weighted by Gasteiger charge is 2.43. The van der Waals surface area contributed by atoms with E-state index in [1.807, 2.05) is 0 Å². The van der Waals surface area contributed by atoms with Gasteiger partial charge in [-0.05, 0) is 6.92 Å². The Morgan fingerprint density at radius 2 is 1.82 bits per heavy atom. The molecule has 0 unspecified atom stereocenters. The summed E-state index contributed by atoms with van der Waals surface area (Å²) in [5, 5.41) is 0. The molecule has 5 nitrogen and oxygen atoms in total. The van der Waals surface area contributed by atoms with Crippen LogP contribution in [0.15, 0.2) is 6.20 Å². The maximum Gasteiger partial charge on any atom is 0.573 e. The van der Waals surface area contributed by atoms with Gasteiger partial charge in [-0.1, -0.05) is 0 Å². The van der Waals surface area contributed by atoms with Crippen LogP contribution >= 0.6 is 0 Å². The number of hydrogen-bond acceptors (Lipinski definition) is 5. The predicted molar refractivity (Wildman–Crippen MR) is 58.4 cm³/mol. The molecular formula is C11H9F6NO4. The minimum absolute atomic E-state index is 0.0721. The predicted octanol–water partition coefficient (Wildman–Crippen LogP) is 3.18. The third kappa shape index (κ3) is 4.15. The van der Waals surface area contributed by atoms with Gasteiger partial charge in [0.15, 0.2) is 11.3 Å². The SMILES string of the molecule is CCOC(=O)c1c(OC)ncc(C(F)(F)F)c1OC(F)(F)F. The maximum absolute atomic E-state index is 12.8. The molecule has 1 heterocycles. The summed E-state index contributed by atoms with van der Waals surface area (Å²) in [5.41, 5.74) is -3.08. The van der Waals surface area contributed by atoms with Gasteiger partial charge in [0, 0.05) is 6.20 Å². The van der Waals surface area contributed by atoms with Crippen LogP contribution in [-0.4, -0.2) is 31.0 Å². The van der Waals surface area contributed by atoms with E-state index in [4.69, 9.17) is 0 Å². The van der Waals surface area contributed by atoms with Crippen LogP contribution in [0.5, 0.6) is 11.6 Å². The minimum Gasteiger partial charge on any atom is -0.480 e. The van der Waals surface area contributed by atoms with Crippen LogP contribution in [0.1, 0.15) is 22.8 Å². The summed E-state index contributed by atoms with van der Waals surface area (Å²) in [7, 11) is 0.912. The Balaban J connectivity index is 3.63. The number of carbonyl (C=O) groups is 1. The smallest absolute Gasteiger partial charge is 0.480 e. The van der Waals surface area contributed by atoms with Crippen LogP contribution in [0.3, 0.4) is 0 Å². The Hall–Kier alpha value is -2.20. The number of hydrogen-bond donors (Lipinski definition) is 0. The molecule has 0 spiro atoms. The van der Waals surface area contributed by atoms with E-state index >= 15 is 0 Å². The minimum atomic E-state index is -5.46. The van der Waals surface area contributed by atoms with Gasteiger partial charge in [0.1, 0.15) is 5.56 Å². The highest BCUT2D eigenvalue weighted by molar-refractivity contribution is 5.95. The molecule has 0 bridgehead atoms. The zero-order valence-corrected chi connectivity index (χ0v) is 11.1. The second-order valence-electron chi connectivity index (χ2n) is 3.65. The molecule has 0 aromatic carbocycles. The van der Waals surface area contributed by atoms with Crippen LogP contribution in [0, 0.1) is 0 Å². The first-order valence-corrected chi connectivity index (χ1v) is 5.58. The number of carbonyl (C=O) groups excluding carboxylic acids is 1. The van der Waals surface area contributed by atoms with Crippen molar-refractivity contribution in [2.24, 2.45) is 0 Å². The normalized spacial score (nSPS) is 12.0. The average Bonchev–Trinajstić information content (AvgIpc) is 2.34. The number of rotatable bonds is 4. The molecule has 0 aliphatic rings. The Morgan fingerprint density at radius 1 is 1.23 bits per heavy atom. The summed E-state index contributed by atoms with van der Waals surface area (Å²) in [6.45, 7) is 1.03. The van der Waals surface area contributed by atoms with Crippen molar-refractivity contribution in [2.45, 2.75) is 19.5 Å². The number of ether oxygens (including phenoxy) is 3. The van der Waals surface area contributed by atoms with Gasteiger partial charge in [0.05, 0.1) is 13.7 Å². The molecule has 1 rings (SSSR count). The molecule has 1 aromatic heterocycles. The number of aromatic nitrogens is 1. The van der Waals surface area contributed by atoms with E-state index in [-0.39, 0.29) is 12.8 Å². The Morgan fingerprint density at radius 3 is 2.23 bits per heavy atom. The molecule has 11 heteroatoms. The lowest BCUT2D eigenvalue weighted by molar-refractivity contribution is -0.276. The summed E-state index contributed by atoms with van der Waals surface area (Å²) >= 11 is 0. The second-order valence-corrected chi connectivity index (χ2v) is 3.65. The molecule has 22 heavy (non-hydrogen) atoms. The van der Waals surface area contributed by atoms with Crippen LogP contribution in [0.2, 0.25) is 0 Å². The summed E-state index contributed by atoms with van der Waals surface area (Å²) in [5.74, 6) is -4.05. The van der Waals surface area contributed by atoms with E-state index in [1.165, 1.54) is 6.92 Å². The number of pyridine rings is 1. The van der Waals surface area contributed by atoms with Crippen molar-refractivity contribution in [2.75, 3.05) is 13.7 Å². The summed E-state index contributed by atoms with van der Waals surface area (Å²) in [4.78, 5) is 14.8. The number of nitrogens with zero attached hydrogens (tertiary/aromatic N) is 1. The van der Waals surface area contributed by atoms with Crippen molar-refractivity contribution in [3.05, 3.63) is 17.3 Å². The van der Waals surface area contributed by atoms with Crippen LogP contribution < -0.4 is 9.47 Å². The van der Waals surface area contributed by atoms with Gasteiger partial charge in [0.2, 0.25) is 5.88 Å². The molecule has 0 amide bonds. The summed E-state index contributed by atoms with van der Waals surface area (Å²) in [6.07, 6.45) is -10.6. The van der Waals surface area contributed by atoms with Crippen molar-refractivity contribution in [3.8, 4) is 11.6 Å². The largest absolute Gasteiger partial charge is 0.573 e. The quantitative estimate of drug-likeness (QED) is 0.626. The van der Waals surface area contributed by atoms with Crippen molar-refractivity contribution < 1.29 is 45.3 Å². The van der Waals surface area contributed by atoms with Crippen molar-refractivity contribution in [3.63, 3.8) is 0 Å². The van der Waals surface area contributed by atoms with E-state index < -0.39 is 41.3 Å². The van der Waals surface area contributed by atoms with Gasteiger partial charge in [-0.2, -0.15) is 13.2 Å². The van der Waals surface area contributed by atoms with Gasteiger partial charge < -0.3 is 14.2 Å². The molecule has 0 aliphatic heterocycles. The molecule has 0 aliphatic carbocycles. The zero-order valence-electron chi connectivity index (χ0n) is 11.1. The summed E-state index contributed by atoms with van der Waals surface area (Å²) < 4.78 is 87.8. The first kappa shape index (κ1) is 17.9. The fourth-order valence-corrected chi connectivity index (χ4v) is 1.44. The first-order chi connectivity index (χ1) is 10.0. The molecule has 0 saturated carbocycles. The molecule has 0 fully saturated rings. The van der Waals surface area contributed by atoms with Crippen LogP contribution in [-0.2, 0) is 10.9 Å². The molecule has 0 radical (unpaired) electrons. The van der Waals surface area contributed by atoms with Gasteiger partial charge in [-0.3, -0.25) is 0 Å². The third-order valence-electron chi connectivity index (χ3n) is 2.19. The van der Waals surface area contributed by atoms with E-state index in [2.05, 4.69) is 19.2 Å². The number of esters is 1. The number of alkyl halides is 6. The Kier molecular flexibility index (Phi) is 5.09.